The van der Waals surface area contributed by atoms with Crippen molar-refractivity contribution < 1.29 is 5.11 Å². The quantitative estimate of drug-likeness (QED) is 0.925. The van der Waals surface area contributed by atoms with E-state index in [9.17, 15) is 5.11 Å². The third kappa shape index (κ3) is 3.30. The van der Waals surface area contributed by atoms with Gasteiger partial charge >= 0.3 is 0 Å². The fourth-order valence-electron chi connectivity index (χ4n) is 2.07. The fraction of sp³-hybridized carbons (Fsp3) is 0.312. The monoisotopic (exact) mass is 290 g/mol. The number of hydrogen-bond acceptors (Lipinski definition) is 3. The molecule has 1 aromatic heterocycles. The summed E-state index contributed by atoms with van der Waals surface area (Å²) in [5, 5.41) is 10.2. The van der Waals surface area contributed by atoms with Crippen molar-refractivity contribution >= 4 is 17.3 Å². The molecule has 3 nitrogen and oxygen atoms in total. The molecule has 2 rings (SSSR count). The van der Waals surface area contributed by atoms with Gasteiger partial charge < -0.3 is 10.0 Å². The zero-order valence-electron chi connectivity index (χ0n) is 11.9. The first kappa shape index (κ1) is 14.8. The lowest BCUT2D eigenvalue weighted by molar-refractivity contribution is 0.194. The second-order valence-corrected chi connectivity index (χ2v) is 5.40. The van der Waals surface area contributed by atoms with Crippen LogP contribution in [0.25, 0.3) is 0 Å². The van der Waals surface area contributed by atoms with Crippen LogP contribution < -0.4 is 4.90 Å². The van der Waals surface area contributed by atoms with Crippen LogP contribution in [0.4, 0.5) is 5.69 Å². The highest BCUT2D eigenvalue weighted by atomic mass is 35.5. The van der Waals surface area contributed by atoms with E-state index in [2.05, 4.69) is 22.9 Å². The summed E-state index contributed by atoms with van der Waals surface area (Å²) in [7, 11) is 2.02. The Kier molecular flexibility index (Phi) is 4.63. The molecule has 4 heteroatoms. The van der Waals surface area contributed by atoms with Gasteiger partial charge in [0.1, 0.15) is 0 Å². The van der Waals surface area contributed by atoms with Crippen LogP contribution in [0.5, 0.6) is 0 Å². The highest BCUT2D eigenvalue weighted by molar-refractivity contribution is 6.30. The van der Waals surface area contributed by atoms with Gasteiger partial charge in [-0.1, -0.05) is 23.7 Å². The molecule has 20 heavy (non-hydrogen) atoms. The highest BCUT2D eigenvalue weighted by Gasteiger charge is 2.13. The molecular formula is C16H19ClN2O. The van der Waals surface area contributed by atoms with Crippen molar-refractivity contribution in [2.24, 2.45) is 0 Å². The van der Waals surface area contributed by atoms with Gasteiger partial charge in [-0.3, -0.25) is 4.98 Å². The number of hydrogen-bond donors (Lipinski definition) is 1. The van der Waals surface area contributed by atoms with E-state index in [1.165, 1.54) is 0 Å². The maximum atomic E-state index is 9.48. The van der Waals surface area contributed by atoms with E-state index in [-0.39, 0.29) is 6.04 Å². The number of anilines is 1. The molecule has 0 amide bonds. The van der Waals surface area contributed by atoms with E-state index >= 15 is 0 Å². The van der Waals surface area contributed by atoms with Gasteiger partial charge in [0.25, 0.3) is 0 Å². The van der Waals surface area contributed by atoms with Gasteiger partial charge in [0.15, 0.2) is 0 Å². The molecule has 0 bridgehead atoms. The summed E-state index contributed by atoms with van der Waals surface area (Å²) in [6.07, 6.45) is 1.24. The molecule has 0 fully saturated rings. The number of pyridine rings is 1. The third-order valence-electron chi connectivity index (χ3n) is 3.52. The number of rotatable bonds is 4. The molecule has 0 aliphatic heterocycles. The first-order valence-electron chi connectivity index (χ1n) is 6.61. The van der Waals surface area contributed by atoms with Crippen LogP contribution in [0.2, 0.25) is 5.02 Å². The van der Waals surface area contributed by atoms with Crippen molar-refractivity contribution in [1.29, 1.82) is 0 Å². The normalized spacial score (nSPS) is 13.8. The van der Waals surface area contributed by atoms with Crippen molar-refractivity contribution in [3.63, 3.8) is 0 Å². The van der Waals surface area contributed by atoms with Crippen LogP contribution in [0.1, 0.15) is 37.3 Å². The van der Waals surface area contributed by atoms with E-state index < -0.39 is 6.10 Å². The van der Waals surface area contributed by atoms with E-state index in [0.29, 0.717) is 5.69 Å². The predicted octanol–water partition coefficient (Wildman–Crippen LogP) is 3.99. The van der Waals surface area contributed by atoms with Crippen LogP contribution in [-0.2, 0) is 0 Å². The van der Waals surface area contributed by atoms with Gasteiger partial charge in [0, 0.05) is 12.1 Å². The molecule has 0 saturated carbocycles. The van der Waals surface area contributed by atoms with Gasteiger partial charge in [0.2, 0.25) is 0 Å². The van der Waals surface area contributed by atoms with E-state index in [4.69, 9.17) is 11.6 Å². The number of aromatic nitrogens is 1. The van der Waals surface area contributed by atoms with Crippen molar-refractivity contribution in [3.8, 4) is 0 Å². The number of aliphatic hydroxyl groups is 1. The summed E-state index contributed by atoms with van der Waals surface area (Å²) in [6, 6.07) is 11.9. The molecule has 0 aliphatic carbocycles. The van der Waals surface area contributed by atoms with Crippen molar-refractivity contribution in [3.05, 3.63) is 58.9 Å². The Hall–Kier alpha value is -1.58. The molecule has 0 radical (unpaired) electrons. The lowest BCUT2D eigenvalue weighted by Crippen LogP contribution is -2.21. The Bertz CT molecular complexity index is 569. The second-order valence-electron chi connectivity index (χ2n) is 4.96. The minimum absolute atomic E-state index is 0.188. The van der Waals surface area contributed by atoms with Gasteiger partial charge in [-0.05, 0) is 43.7 Å². The minimum atomic E-state index is -0.542. The third-order valence-corrected chi connectivity index (χ3v) is 3.75. The largest absolute Gasteiger partial charge is 0.387 e. The molecule has 0 aliphatic rings. The van der Waals surface area contributed by atoms with Crippen LogP contribution in [-0.4, -0.2) is 17.1 Å². The first-order valence-corrected chi connectivity index (χ1v) is 6.99. The highest BCUT2D eigenvalue weighted by Crippen LogP contribution is 2.26. The zero-order chi connectivity index (χ0) is 14.7. The maximum Gasteiger partial charge on any atom is 0.0931 e. The summed E-state index contributed by atoms with van der Waals surface area (Å²) in [4.78, 5) is 6.40. The number of halogens is 1. The van der Waals surface area contributed by atoms with E-state index in [1.807, 2.05) is 37.4 Å². The Morgan fingerprint density at radius 1 is 1.20 bits per heavy atom. The number of aliphatic hydroxyl groups excluding tert-OH is 1. The summed E-state index contributed by atoms with van der Waals surface area (Å²) in [5.74, 6) is 0. The van der Waals surface area contributed by atoms with Crippen molar-refractivity contribution in [2.45, 2.75) is 26.0 Å². The molecular weight excluding hydrogens is 272 g/mol. The van der Waals surface area contributed by atoms with Crippen molar-refractivity contribution in [2.75, 3.05) is 11.9 Å². The average Bonchev–Trinajstić information content (AvgIpc) is 2.46. The summed E-state index contributed by atoms with van der Waals surface area (Å²) in [6.45, 7) is 3.83. The molecule has 1 N–H and O–H groups in total. The van der Waals surface area contributed by atoms with Crippen LogP contribution in [0, 0.1) is 0 Å². The molecule has 2 aromatic rings. The predicted molar refractivity (Wildman–Crippen MR) is 83.1 cm³/mol. The molecule has 1 unspecified atom stereocenters. The van der Waals surface area contributed by atoms with Gasteiger partial charge in [-0.15, -0.1) is 0 Å². The van der Waals surface area contributed by atoms with Crippen LogP contribution >= 0.6 is 11.6 Å². The Morgan fingerprint density at radius 3 is 2.50 bits per heavy atom. The van der Waals surface area contributed by atoms with Crippen molar-refractivity contribution in [1.82, 2.24) is 4.98 Å². The van der Waals surface area contributed by atoms with E-state index in [1.54, 1.807) is 13.1 Å². The number of nitrogens with zero attached hydrogens (tertiary/aromatic N) is 2. The molecule has 1 heterocycles. The summed E-state index contributed by atoms with van der Waals surface area (Å²) < 4.78 is 0. The minimum Gasteiger partial charge on any atom is -0.387 e. The molecule has 1 aromatic carbocycles. The standard InChI is InChI=1S/C16H19ClN2O/c1-11(13-5-4-6-14(17)9-13)19(3)15-7-8-16(12(2)20)18-10-15/h4-12,20H,1-3H3/t11?,12-/m0/s1. The molecule has 106 valence electrons. The van der Waals surface area contributed by atoms with Crippen LogP contribution in [0.3, 0.4) is 0 Å². The lowest BCUT2D eigenvalue weighted by atomic mass is 10.1. The topological polar surface area (TPSA) is 36.4 Å². The maximum absolute atomic E-state index is 9.48. The van der Waals surface area contributed by atoms with Gasteiger partial charge in [-0.25, -0.2) is 0 Å². The van der Waals surface area contributed by atoms with Gasteiger partial charge in [0.05, 0.1) is 29.7 Å². The van der Waals surface area contributed by atoms with E-state index in [0.717, 1.165) is 16.3 Å². The SMILES string of the molecule is CC(c1cccc(Cl)c1)N(C)c1ccc([C@H](C)O)nc1. The Morgan fingerprint density at radius 2 is 1.95 bits per heavy atom. The Balaban J connectivity index is 2.20. The summed E-state index contributed by atoms with van der Waals surface area (Å²) >= 11 is 6.04. The van der Waals surface area contributed by atoms with Gasteiger partial charge in [-0.2, -0.15) is 0 Å². The lowest BCUT2D eigenvalue weighted by Gasteiger charge is -2.27. The fourth-order valence-corrected chi connectivity index (χ4v) is 2.27. The molecule has 0 saturated heterocycles. The molecule has 0 spiro atoms. The molecule has 2 atom stereocenters. The smallest absolute Gasteiger partial charge is 0.0931 e. The first-order chi connectivity index (χ1) is 9.49. The van der Waals surface area contributed by atoms with Crippen LogP contribution in [0.15, 0.2) is 42.6 Å². The average molecular weight is 291 g/mol. The number of benzene rings is 1. The second kappa shape index (κ2) is 6.25. The summed E-state index contributed by atoms with van der Waals surface area (Å²) in [5.41, 5.74) is 2.83. The Labute approximate surface area is 124 Å². The zero-order valence-corrected chi connectivity index (χ0v) is 12.7.